The minimum absolute atomic E-state index is 0.0692. The molecule has 0 spiro atoms. The van der Waals surface area contributed by atoms with E-state index in [0.717, 1.165) is 6.42 Å². The number of benzene rings is 1. The van der Waals surface area contributed by atoms with E-state index in [0.29, 0.717) is 24.3 Å². The van der Waals surface area contributed by atoms with Crippen molar-refractivity contribution in [1.82, 2.24) is 15.2 Å². The lowest BCUT2D eigenvalue weighted by Crippen LogP contribution is -2.63. The summed E-state index contributed by atoms with van der Waals surface area (Å²) in [6, 6.07) is 2.67. The van der Waals surface area contributed by atoms with Crippen molar-refractivity contribution >= 4 is 21.6 Å². The lowest BCUT2D eigenvalue weighted by Gasteiger charge is -2.50. The van der Waals surface area contributed by atoms with Gasteiger partial charge in [-0.25, -0.2) is 13.8 Å². The van der Waals surface area contributed by atoms with Gasteiger partial charge in [0.25, 0.3) is 0 Å². The Hall–Kier alpha value is -0.870. The summed E-state index contributed by atoms with van der Waals surface area (Å²) in [5.74, 6) is -0.839. The van der Waals surface area contributed by atoms with Crippen molar-refractivity contribution in [3.63, 3.8) is 0 Å². The van der Waals surface area contributed by atoms with Crippen LogP contribution in [0.3, 0.4) is 0 Å². The van der Waals surface area contributed by atoms with Crippen LogP contribution in [-0.4, -0.2) is 43.1 Å². The Kier molecular flexibility index (Phi) is 4.51. The lowest BCUT2D eigenvalue weighted by atomic mass is 9.74. The molecule has 3 fully saturated rings. The molecule has 3 aliphatic rings. The smallest absolute Gasteiger partial charge is 0.254 e. The van der Waals surface area contributed by atoms with Gasteiger partial charge in [-0.05, 0) is 43.5 Å². The highest BCUT2D eigenvalue weighted by Crippen LogP contribution is 2.46. The van der Waals surface area contributed by atoms with Gasteiger partial charge < -0.3 is 0 Å². The Labute approximate surface area is 154 Å². The molecule has 1 aromatic carbocycles. The maximum atomic E-state index is 13.5. The van der Waals surface area contributed by atoms with Crippen LogP contribution < -0.4 is 10.9 Å². The number of halogens is 4. The highest BCUT2D eigenvalue weighted by molar-refractivity contribution is 7.89. The zero-order valence-corrected chi connectivity index (χ0v) is 15.3. The summed E-state index contributed by atoms with van der Waals surface area (Å²) in [4.78, 5) is 0.0692. The summed E-state index contributed by atoms with van der Waals surface area (Å²) in [5.41, 5.74) is 5.11. The Bertz CT molecular complexity index is 787. The molecule has 2 N–H and O–H groups in total. The van der Waals surface area contributed by atoms with Gasteiger partial charge in [-0.2, -0.15) is 17.5 Å². The van der Waals surface area contributed by atoms with E-state index in [1.165, 1.54) is 28.6 Å². The van der Waals surface area contributed by atoms with Gasteiger partial charge in [0.1, 0.15) is 6.04 Å². The predicted molar refractivity (Wildman–Crippen MR) is 89.9 cm³/mol. The van der Waals surface area contributed by atoms with Gasteiger partial charge in [0.15, 0.2) is 0 Å². The largest absolute Gasteiger partial charge is 0.405 e. The number of piperidine rings is 2. The van der Waals surface area contributed by atoms with Crippen LogP contribution >= 0.6 is 11.6 Å². The molecule has 0 aromatic heterocycles. The first-order valence-electron chi connectivity index (χ1n) is 8.56. The zero-order chi connectivity index (χ0) is 18.7. The summed E-state index contributed by atoms with van der Waals surface area (Å²) in [6.07, 6.45) is -2.25. The third kappa shape index (κ3) is 2.93. The molecule has 0 radical (unpaired) electrons. The lowest BCUT2D eigenvalue weighted by molar-refractivity contribution is -0.169. The number of hydrazine groups is 1. The van der Waals surface area contributed by atoms with Crippen molar-refractivity contribution in [2.45, 2.75) is 60.9 Å². The number of rotatable bonds is 2. The third-order valence-corrected chi connectivity index (χ3v) is 7.95. The molecule has 4 rings (SSSR count). The van der Waals surface area contributed by atoms with E-state index in [9.17, 15) is 21.6 Å². The first-order valence-corrected chi connectivity index (χ1v) is 10.4. The predicted octanol–water partition coefficient (Wildman–Crippen LogP) is 2.68. The first kappa shape index (κ1) is 18.5. The third-order valence-electron chi connectivity index (χ3n) is 5.71. The molecule has 1 aromatic rings. The topological polar surface area (TPSA) is 61.4 Å². The highest BCUT2D eigenvalue weighted by Gasteiger charge is 2.60. The van der Waals surface area contributed by atoms with Crippen molar-refractivity contribution < 1.29 is 21.6 Å². The Morgan fingerprint density at radius 2 is 1.81 bits per heavy atom. The van der Waals surface area contributed by atoms with Crippen LogP contribution in [0.15, 0.2) is 29.2 Å². The molecule has 0 aliphatic carbocycles. The molecule has 0 amide bonds. The van der Waals surface area contributed by atoms with E-state index >= 15 is 0 Å². The van der Waals surface area contributed by atoms with Crippen molar-refractivity contribution in [3.8, 4) is 0 Å². The van der Waals surface area contributed by atoms with Crippen molar-refractivity contribution in [2.24, 2.45) is 5.92 Å². The summed E-state index contributed by atoms with van der Waals surface area (Å²) >= 11 is 5.84. The summed E-state index contributed by atoms with van der Waals surface area (Å²) in [6.45, 7) is 0. The average molecular weight is 410 g/mol. The first-order chi connectivity index (χ1) is 12.2. The standard InChI is InChI=1S/C16H19ClF3N3O2S/c17-9-4-6-11(7-5-9)26(24,25)23-10-2-1-3-13(23)14-12(8-10)21-22-15(14)16(18,19)20/h4-7,10,12-15,21-22H,1-3,8H2. The quantitative estimate of drug-likeness (QED) is 0.788. The molecule has 144 valence electrons. The molecule has 5 unspecified atom stereocenters. The fourth-order valence-electron chi connectivity index (χ4n) is 4.70. The maximum absolute atomic E-state index is 13.5. The number of sulfonamides is 1. The van der Waals surface area contributed by atoms with Gasteiger partial charge in [-0.15, -0.1) is 0 Å². The minimum atomic E-state index is -4.44. The molecule has 26 heavy (non-hydrogen) atoms. The number of fused-ring (bicyclic) bond motifs is 4. The van der Waals surface area contributed by atoms with E-state index in [1.54, 1.807) is 0 Å². The van der Waals surface area contributed by atoms with Gasteiger partial charge in [-0.3, -0.25) is 5.43 Å². The SMILES string of the molecule is O=S(=O)(c1ccc(Cl)cc1)N1C2CCCC1C1C(C2)NNC1C(F)(F)F. The molecule has 3 heterocycles. The number of alkyl halides is 3. The molecule has 0 saturated carbocycles. The van der Waals surface area contributed by atoms with E-state index in [-0.39, 0.29) is 17.0 Å². The Balaban J connectivity index is 1.73. The number of nitrogens with one attached hydrogen (secondary N) is 2. The van der Waals surface area contributed by atoms with Crippen molar-refractivity contribution in [3.05, 3.63) is 29.3 Å². The maximum Gasteiger partial charge on any atom is 0.405 e. The minimum Gasteiger partial charge on any atom is -0.254 e. The summed E-state index contributed by atoms with van der Waals surface area (Å²) < 4.78 is 68.2. The Morgan fingerprint density at radius 3 is 2.46 bits per heavy atom. The molecular weight excluding hydrogens is 391 g/mol. The average Bonchev–Trinajstić information content (AvgIpc) is 2.98. The second-order valence-electron chi connectivity index (χ2n) is 7.17. The van der Waals surface area contributed by atoms with Crippen molar-refractivity contribution in [1.29, 1.82) is 0 Å². The van der Waals surface area contributed by atoms with Crippen LogP contribution in [-0.2, 0) is 10.0 Å². The normalized spacial score (nSPS) is 35.3. The van der Waals surface area contributed by atoms with Gasteiger partial charge in [-0.1, -0.05) is 18.0 Å². The second-order valence-corrected chi connectivity index (χ2v) is 9.45. The molecule has 3 saturated heterocycles. The monoisotopic (exact) mass is 409 g/mol. The van der Waals surface area contributed by atoms with Crippen LogP contribution in [0.4, 0.5) is 13.2 Å². The van der Waals surface area contributed by atoms with E-state index in [2.05, 4.69) is 10.9 Å². The Morgan fingerprint density at radius 1 is 1.12 bits per heavy atom. The van der Waals surface area contributed by atoms with E-state index < -0.39 is 34.2 Å². The van der Waals surface area contributed by atoms with Crippen LogP contribution in [0.5, 0.6) is 0 Å². The summed E-state index contributed by atoms with van der Waals surface area (Å²) in [7, 11) is -3.89. The fourth-order valence-corrected chi connectivity index (χ4v) is 6.73. The van der Waals surface area contributed by atoms with Crippen LogP contribution in [0, 0.1) is 5.92 Å². The van der Waals surface area contributed by atoms with Gasteiger partial charge in [0.2, 0.25) is 10.0 Å². The van der Waals surface area contributed by atoms with E-state index in [4.69, 9.17) is 11.6 Å². The van der Waals surface area contributed by atoms with Gasteiger partial charge in [0.05, 0.1) is 4.90 Å². The van der Waals surface area contributed by atoms with Crippen molar-refractivity contribution in [2.75, 3.05) is 0 Å². The molecule has 10 heteroatoms. The molecule has 5 nitrogen and oxygen atoms in total. The van der Waals surface area contributed by atoms with Crippen LogP contribution in [0.25, 0.3) is 0 Å². The molecular formula is C16H19ClF3N3O2S. The number of hydrogen-bond donors (Lipinski definition) is 2. The number of hydrogen-bond acceptors (Lipinski definition) is 4. The summed E-state index contributed by atoms with van der Waals surface area (Å²) in [5, 5.41) is 0.407. The molecule has 5 atom stereocenters. The van der Waals surface area contributed by atoms with Gasteiger partial charge >= 0.3 is 6.18 Å². The second kappa shape index (κ2) is 6.34. The highest BCUT2D eigenvalue weighted by atomic mass is 35.5. The van der Waals surface area contributed by atoms with Crippen LogP contribution in [0.2, 0.25) is 5.02 Å². The van der Waals surface area contributed by atoms with Gasteiger partial charge in [0, 0.05) is 29.1 Å². The molecule has 3 aliphatic heterocycles. The fraction of sp³-hybridized carbons (Fsp3) is 0.625. The number of nitrogens with zero attached hydrogens (tertiary/aromatic N) is 1. The zero-order valence-electron chi connectivity index (χ0n) is 13.7. The molecule has 2 bridgehead atoms. The van der Waals surface area contributed by atoms with Crippen LogP contribution in [0.1, 0.15) is 25.7 Å². The van der Waals surface area contributed by atoms with E-state index in [1.807, 2.05) is 0 Å².